The summed E-state index contributed by atoms with van der Waals surface area (Å²) < 4.78 is 5.59. The first kappa shape index (κ1) is 16.6. The van der Waals surface area contributed by atoms with Crippen molar-refractivity contribution in [3.8, 4) is 0 Å². The van der Waals surface area contributed by atoms with Crippen LogP contribution in [0.5, 0.6) is 0 Å². The summed E-state index contributed by atoms with van der Waals surface area (Å²) in [6.07, 6.45) is -0.0275. The van der Waals surface area contributed by atoms with E-state index in [4.69, 9.17) is 4.74 Å². The van der Waals surface area contributed by atoms with Crippen LogP contribution in [0.3, 0.4) is 0 Å². The number of carbonyl (C=O) groups excluding carboxylic acids is 2. The fraction of sp³-hybridized carbons (Fsp3) is 0.263. The fourth-order valence-corrected chi connectivity index (χ4v) is 3.82. The summed E-state index contributed by atoms with van der Waals surface area (Å²) >= 11 is 1.68. The average molecular weight is 341 g/mol. The SMILES string of the molecule is O=C(Cc1ccccc1)OC1CSCC1NC(=O)c1ccccc1. The zero-order valence-electron chi connectivity index (χ0n) is 13.2. The predicted octanol–water partition coefficient (Wildman–Crippen LogP) is 2.69. The number of hydrogen-bond acceptors (Lipinski definition) is 4. The summed E-state index contributed by atoms with van der Waals surface area (Å²) in [5.74, 6) is 1.07. The number of thioether (sulfide) groups is 1. The van der Waals surface area contributed by atoms with Crippen LogP contribution in [0.4, 0.5) is 0 Å². The van der Waals surface area contributed by atoms with Crippen LogP contribution in [0, 0.1) is 0 Å². The summed E-state index contributed by atoms with van der Waals surface area (Å²) in [6, 6.07) is 18.4. The molecule has 0 spiro atoms. The highest BCUT2D eigenvalue weighted by atomic mass is 32.2. The lowest BCUT2D eigenvalue weighted by Crippen LogP contribution is -2.44. The predicted molar refractivity (Wildman–Crippen MR) is 95.0 cm³/mol. The van der Waals surface area contributed by atoms with Gasteiger partial charge in [-0.15, -0.1) is 0 Å². The highest BCUT2D eigenvalue weighted by Gasteiger charge is 2.32. The Kier molecular flexibility index (Phi) is 5.54. The zero-order valence-corrected chi connectivity index (χ0v) is 14.0. The van der Waals surface area contributed by atoms with Gasteiger partial charge in [-0.2, -0.15) is 11.8 Å². The van der Waals surface area contributed by atoms with E-state index in [-0.39, 0.29) is 30.4 Å². The molecule has 2 aromatic rings. The minimum Gasteiger partial charge on any atom is -0.459 e. The number of hydrogen-bond donors (Lipinski definition) is 1. The van der Waals surface area contributed by atoms with Gasteiger partial charge in [0.15, 0.2) is 0 Å². The van der Waals surface area contributed by atoms with Crippen molar-refractivity contribution in [3.05, 3.63) is 71.8 Å². The molecule has 5 heteroatoms. The van der Waals surface area contributed by atoms with Crippen molar-refractivity contribution in [3.63, 3.8) is 0 Å². The molecule has 1 saturated heterocycles. The second kappa shape index (κ2) is 8.02. The number of esters is 1. The zero-order chi connectivity index (χ0) is 16.8. The number of amides is 1. The van der Waals surface area contributed by atoms with E-state index >= 15 is 0 Å². The maximum atomic E-state index is 12.3. The number of carbonyl (C=O) groups is 2. The fourth-order valence-electron chi connectivity index (χ4n) is 2.60. The van der Waals surface area contributed by atoms with Crippen molar-refractivity contribution < 1.29 is 14.3 Å². The van der Waals surface area contributed by atoms with E-state index < -0.39 is 0 Å². The molecule has 2 atom stereocenters. The smallest absolute Gasteiger partial charge is 0.310 e. The molecule has 1 N–H and O–H groups in total. The molecule has 1 fully saturated rings. The first-order valence-electron chi connectivity index (χ1n) is 7.89. The Morgan fingerprint density at radius 3 is 2.38 bits per heavy atom. The minimum atomic E-state index is -0.279. The van der Waals surface area contributed by atoms with Crippen LogP contribution in [-0.2, 0) is 16.0 Å². The van der Waals surface area contributed by atoms with Crippen LogP contribution in [0.15, 0.2) is 60.7 Å². The molecule has 1 aliphatic rings. The quantitative estimate of drug-likeness (QED) is 0.850. The molecule has 0 aliphatic carbocycles. The number of ether oxygens (including phenoxy) is 1. The summed E-state index contributed by atoms with van der Waals surface area (Å²) in [6.45, 7) is 0. The second-order valence-corrected chi connectivity index (χ2v) is 6.75. The van der Waals surface area contributed by atoms with Gasteiger partial charge in [0.25, 0.3) is 5.91 Å². The number of rotatable bonds is 5. The Balaban J connectivity index is 1.55. The minimum absolute atomic E-state index is 0.132. The molecule has 0 bridgehead atoms. The van der Waals surface area contributed by atoms with Gasteiger partial charge in [0, 0.05) is 17.1 Å². The summed E-state index contributed by atoms with van der Waals surface area (Å²) in [4.78, 5) is 24.4. The third-order valence-electron chi connectivity index (χ3n) is 3.85. The Morgan fingerprint density at radius 1 is 1.00 bits per heavy atom. The van der Waals surface area contributed by atoms with Gasteiger partial charge >= 0.3 is 5.97 Å². The third kappa shape index (κ3) is 4.38. The van der Waals surface area contributed by atoms with Crippen molar-refractivity contribution in [1.82, 2.24) is 5.32 Å². The van der Waals surface area contributed by atoms with Gasteiger partial charge in [0.1, 0.15) is 6.10 Å². The van der Waals surface area contributed by atoms with Crippen molar-refractivity contribution in [2.45, 2.75) is 18.6 Å². The molecule has 2 unspecified atom stereocenters. The van der Waals surface area contributed by atoms with E-state index in [1.54, 1.807) is 23.9 Å². The topological polar surface area (TPSA) is 55.4 Å². The first-order chi connectivity index (χ1) is 11.7. The van der Waals surface area contributed by atoms with Crippen LogP contribution in [-0.4, -0.2) is 35.5 Å². The maximum absolute atomic E-state index is 12.3. The lowest BCUT2D eigenvalue weighted by atomic mass is 10.1. The first-order valence-corrected chi connectivity index (χ1v) is 9.05. The standard InChI is InChI=1S/C19H19NO3S/c21-18(11-14-7-3-1-4-8-14)23-17-13-24-12-16(17)20-19(22)15-9-5-2-6-10-15/h1-10,16-17H,11-13H2,(H,20,22). The Hall–Kier alpha value is -2.27. The van der Waals surface area contributed by atoms with Gasteiger partial charge in [-0.3, -0.25) is 9.59 Å². The Labute approximate surface area is 145 Å². The summed E-state index contributed by atoms with van der Waals surface area (Å²) in [5.41, 5.74) is 1.54. The van der Waals surface area contributed by atoms with Gasteiger partial charge in [0.2, 0.25) is 0 Å². The molecule has 0 saturated carbocycles. The van der Waals surface area contributed by atoms with Crippen LogP contribution < -0.4 is 5.32 Å². The summed E-state index contributed by atoms with van der Waals surface area (Å²) in [5, 5.41) is 2.98. The molecular formula is C19H19NO3S. The van der Waals surface area contributed by atoms with E-state index in [1.807, 2.05) is 48.5 Å². The van der Waals surface area contributed by atoms with E-state index in [2.05, 4.69) is 5.32 Å². The van der Waals surface area contributed by atoms with E-state index in [9.17, 15) is 9.59 Å². The van der Waals surface area contributed by atoms with Crippen molar-refractivity contribution in [1.29, 1.82) is 0 Å². The van der Waals surface area contributed by atoms with Crippen molar-refractivity contribution in [2.75, 3.05) is 11.5 Å². The van der Waals surface area contributed by atoms with Crippen LogP contribution in [0.25, 0.3) is 0 Å². The van der Waals surface area contributed by atoms with E-state index in [0.29, 0.717) is 11.3 Å². The lowest BCUT2D eigenvalue weighted by molar-refractivity contribution is -0.147. The molecule has 1 aliphatic heterocycles. The summed E-state index contributed by atoms with van der Waals surface area (Å²) in [7, 11) is 0. The monoisotopic (exact) mass is 341 g/mol. The van der Waals surface area contributed by atoms with Crippen LogP contribution in [0.2, 0.25) is 0 Å². The van der Waals surface area contributed by atoms with Crippen molar-refractivity contribution in [2.24, 2.45) is 0 Å². The van der Waals surface area contributed by atoms with Crippen molar-refractivity contribution >= 4 is 23.6 Å². The van der Waals surface area contributed by atoms with Gasteiger partial charge in [-0.1, -0.05) is 48.5 Å². The third-order valence-corrected chi connectivity index (χ3v) is 5.01. The largest absolute Gasteiger partial charge is 0.459 e. The van der Waals surface area contributed by atoms with Crippen LogP contribution >= 0.6 is 11.8 Å². The van der Waals surface area contributed by atoms with E-state index in [0.717, 1.165) is 11.3 Å². The molecule has 124 valence electrons. The molecule has 1 heterocycles. The van der Waals surface area contributed by atoms with Gasteiger partial charge < -0.3 is 10.1 Å². The molecule has 1 amide bonds. The van der Waals surface area contributed by atoms with Gasteiger partial charge in [-0.05, 0) is 17.7 Å². The molecule has 0 aromatic heterocycles. The molecule has 4 nitrogen and oxygen atoms in total. The van der Waals surface area contributed by atoms with Crippen LogP contribution in [0.1, 0.15) is 15.9 Å². The number of benzene rings is 2. The maximum Gasteiger partial charge on any atom is 0.310 e. The van der Waals surface area contributed by atoms with Gasteiger partial charge in [0.05, 0.1) is 12.5 Å². The molecular weight excluding hydrogens is 322 g/mol. The van der Waals surface area contributed by atoms with E-state index in [1.165, 1.54) is 0 Å². The highest BCUT2D eigenvalue weighted by molar-refractivity contribution is 7.99. The number of nitrogens with one attached hydrogen (secondary N) is 1. The second-order valence-electron chi connectivity index (χ2n) is 5.67. The lowest BCUT2D eigenvalue weighted by Gasteiger charge is -2.20. The van der Waals surface area contributed by atoms with Gasteiger partial charge in [-0.25, -0.2) is 0 Å². The Bertz CT molecular complexity index is 690. The molecule has 24 heavy (non-hydrogen) atoms. The average Bonchev–Trinajstić information content (AvgIpc) is 3.03. The highest BCUT2D eigenvalue weighted by Crippen LogP contribution is 2.22. The molecule has 2 aromatic carbocycles. The molecule has 0 radical (unpaired) electrons. The Morgan fingerprint density at radius 2 is 1.67 bits per heavy atom. The molecule has 3 rings (SSSR count). The normalized spacial score (nSPS) is 19.7.